The maximum Gasteiger partial charge on any atom is 0.235 e. The van der Waals surface area contributed by atoms with Gasteiger partial charge in [0.25, 0.3) is 0 Å². The van der Waals surface area contributed by atoms with E-state index in [0.29, 0.717) is 5.92 Å². The van der Waals surface area contributed by atoms with Gasteiger partial charge in [0, 0.05) is 18.4 Å². The Morgan fingerprint density at radius 2 is 2.19 bits per heavy atom. The fourth-order valence-electron chi connectivity index (χ4n) is 2.47. The van der Waals surface area contributed by atoms with Crippen molar-refractivity contribution < 1.29 is 4.79 Å². The van der Waals surface area contributed by atoms with E-state index in [4.69, 9.17) is 0 Å². The van der Waals surface area contributed by atoms with Crippen molar-refractivity contribution in [3.05, 3.63) is 30.1 Å². The monoisotopic (exact) mass is 286 g/mol. The third kappa shape index (κ3) is 3.79. The Morgan fingerprint density at radius 3 is 2.71 bits per heavy atom. The fourth-order valence-corrected chi connectivity index (χ4v) is 2.47. The predicted octanol–water partition coefficient (Wildman–Crippen LogP) is 1.88. The van der Waals surface area contributed by atoms with Crippen molar-refractivity contribution >= 4 is 5.91 Å². The molecule has 2 rings (SSSR count). The number of rotatable bonds is 6. The van der Waals surface area contributed by atoms with Crippen LogP contribution in [0.2, 0.25) is 0 Å². The summed E-state index contributed by atoms with van der Waals surface area (Å²) in [6.45, 7) is 4.13. The van der Waals surface area contributed by atoms with Crippen molar-refractivity contribution in [3.63, 3.8) is 0 Å². The number of carbonyl (C=O) groups excluding carboxylic acids is 1. The summed E-state index contributed by atoms with van der Waals surface area (Å²) in [5, 5.41) is 12.2. The molecular weight excluding hydrogens is 264 g/mol. The van der Waals surface area contributed by atoms with E-state index in [1.54, 1.807) is 12.4 Å². The molecule has 1 aliphatic rings. The molecule has 0 bridgehead atoms. The summed E-state index contributed by atoms with van der Waals surface area (Å²) >= 11 is 0. The lowest BCUT2D eigenvalue weighted by Crippen LogP contribution is -2.50. The van der Waals surface area contributed by atoms with Crippen LogP contribution in [0.1, 0.15) is 38.3 Å². The molecule has 0 radical (unpaired) electrons. The van der Waals surface area contributed by atoms with Gasteiger partial charge in [-0.15, -0.1) is 0 Å². The van der Waals surface area contributed by atoms with Crippen LogP contribution >= 0.6 is 0 Å². The Kier molecular flexibility index (Phi) is 4.59. The normalized spacial score (nSPS) is 18.6. The van der Waals surface area contributed by atoms with E-state index < -0.39 is 5.54 Å². The number of nitrogens with one attached hydrogen (secondary N) is 1. The number of nitriles is 1. The van der Waals surface area contributed by atoms with E-state index in [2.05, 4.69) is 16.4 Å². The van der Waals surface area contributed by atoms with Crippen LogP contribution < -0.4 is 5.32 Å². The molecule has 1 aliphatic carbocycles. The van der Waals surface area contributed by atoms with Crippen LogP contribution in [0.25, 0.3) is 0 Å². The molecule has 0 unspecified atom stereocenters. The van der Waals surface area contributed by atoms with Gasteiger partial charge in [0.05, 0.1) is 12.6 Å². The van der Waals surface area contributed by atoms with Crippen LogP contribution in [0.5, 0.6) is 0 Å². The largest absolute Gasteiger partial charge is 0.337 e. The number of pyridine rings is 1. The van der Waals surface area contributed by atoms with Gasteiger partial charge in [-0.1, -0.05) is 0 Å². The summed E-state index contributed by atoms with van der Waals surface area (Å²) in [4.78, 5) is 18.1. The average Bonchev–Trinajstić information content (AvgIpc) is 3.32. The van der Waals surface area contributed by atoms with Crippen molar-refractivity contribution in [1.29, 1.82) is 5.26 Å². The summed E-state index contributed by atoms with van der Waals surface area (Å²) in [6.07, 6.45) is 5.54. The van der Waals surface area contributed by atoms with E-state index >= 15 is 0 Å². The molecule has 0 spiro atoms. The van der Waals surface area contributed by atoms with Gasteiger partial charge < -0.3 is 5.32 Å². The fraction of sp³-hybridized carbons (Fsp3) is 0.562. The summed E-state index contributed by atoms with van der Waals surface area (Å²) < 4.78 is 0. The molecule has 5 heteroatoms. The lowest BCUT2D eigenvalue weighted by atomic mass is 9.98. The van der Waals surface area contributed by atoms with E-state index in [9.17, 15) is 10.1 Å². The van der Waals surface area contributed by atoms with Gasteiger partial charge in [0.15, 0.2) is 0 Å². The standard InChI is InChI=1S/C16H22N4O/c1-12(13-6-8-18-9-7-13)20(3)10-15(21)19-16(2,11-17)14-4-5-14/h6-9,12,14H,4-5,10H2,1-3H3,(H,19,21)/t12-,16-/m0/s1. The highest BCUT2D eigenvalue weighted by Crippen LogP contribution is 2.39. The minimum absolute atomic E-state index is 0.102. The molecule has 1 aromatic heterocycles. The van der Waals surface area contributed by atoms with Crippen LogP contribution in [-0.4, -0.2) is 34.9 Å². The quantitative estimate of drug-likeness (QED) is 0.867. The lowest BCUT2D eigenvalue weighted by molar-refractivity contribution is -0.123. The van der Waals surface area contributed by atoms with Gasteiger partial charge in [-0.2, -0.15) is 5.26 Å². The minimum atomic E-state index is -0.724. The second kappa shape index (κ2) is 6.23. The van der Waals surface area contributed by atoms with Crippen LogP contribution in [0.4, 0.5) is 0 Å². The van der Waals surface area contributed by atoms with Gasteiger partial charge in [-0.25, -0.2) is 0 Å². The molecule has 0 aromatic carbocycles. The number of likely N-dealkylation sites (N-methyl/N-ethyl adjacent to an activating group) is 1. The van der Waals surface area contributed by atoms with Crippen molar-refractivity contribution in [2.75, 3.05) is 13.6 Å². The Bertz CT molecular complexity index is 535. The first kappa shape index (κ1) is 15.5. The molecule has 112 valence electrons. The van der Waals surface area contributed by atoms with E-state index in [-0.39, 0.29) is 18.5 Å². The Labute approximate surface area is 126 Å². The maximum atomic E-state index is 12.2. The third-order valence-corrected chi connectivity index (χ3v) is 4.27. The number of nitrogens with zero attached hydrogens (tertiary/aromatic N) is 3. The first-order valence-electron chi connectivity index (χ1n) is 7.28. The number of amides is 1. The number of hydrogen-bond donors (Lipinski definition) is 1. The Balaban J connectivity index is 1.92. The van der Waals surface area contributed by atoms with E-state index in [0.717, 1.165) is 18.4 Å². The predicted molar refractivity (Wildman–Crippen MR) is 80.2 cm³/mol. The molecule has 1 fully saturated rings. The van der Waals surface area contributed by atoms with Gasteiger partial charge in [0.2, 0.25) is 5.91 Å². The number of aromatic nitrogens is 1. The van der Waals surface area contributed by atoms with Gasteiger partial charge in [0.1, 0.15) is 5.54 Å². The zero-order chi connectivity index (χ0) is 15.5. The van der Waals surface area contributed by atoms with E-state index in [1.807, 2.05) is 37.9 Å². The smallest absolute Gasteiger partial charge is 0.235 e. The van der Waals surface area contributed by atoms with Crippen molar-refractivity contribution in [3.8, 4) is 6.07 Å². The zero-order valence-corrected chi connectivity index (χ0v) is 12.8. The van der Waals surface area contributed by atoms with Crippen molar-refractivity contribution in [1.82, 2.24) is 15.2 Å². The highest BCUT2D eigenvalue weighted by atomic mass is 16.2. The number of carbonyl (C=O) groups is 1. The molecule has 1 heterocycles. The highest BCUT2D eigenvalue weighted by Gasteiger charge is 2.43. The van der Waals surface area contributed by atoms with Crippen molar-refractivity contribution in [2.24, 2.45) is 5.92 Å². The Hall–Kier alpha value is -1.93. The molecule has 21 heavy (non-hydrogen) atoms. The van der Waals surface area contributed by atoms with E-state index in [1.165, 1.54) is 0 Å². The first-order valence-corrected chi connectivity index (χ1v) is 7.28. The van der Waals surface area contributed by atoms with Gasteiger partial charge in [-0.3, -0.25) is 14.7 Å². The molecule has 0 saturated heterocycles. The minimum Gasteiger partial charge on any atom is -0.337 e. The average molecular weight is 286 g/mol. The van der Waals surface area contributed by atoms with Crippen molar-refractivity contribution in [2.45, 2.75) is 38.3 Å². The molecule has 5 nitrogen and oxygen atoms in total. The van der Waals surface area contributed by atoms with Crippen LogP contribution in [0.3, 0.4) is 0 Å². The van der Waals surface area contributed by atoms with Crippen LogP contribution in [-0.2, 0) is 4.79 Å². The summed E-state index contributed by atoms with van der Waals surface area (Å²) in [5.74, 6) is 0.198. The molecule has 0 aliphatic heterocycles. The SMILES string of the molecule is C[C@@H](c1ccncc1)N(C)CC(=O)N[C@@](C)(C#N)C1CC1. The molecule has 1 N–H and O–H groups in total. The summed E-state index contributed by atoms with van der Waals surface area (Å²) in [5.41, 5.74) is 0.392. The third-order valence-electron chi connectivity index (χ3n) is 4.27. The number of hydrogen-bond acceptors (Lipinski definition) is 4. The summed E-state index contributed by atoms with van der Waals surface area (Å²) in [7, 11) is 1.91. The molecule has 1 saturated carbocycles. The van der Waals surface area contributed by atoms with Crippen LogP contribution in [0.15, 0.2) is 24.5 Å². The zero-order valence-electron chi connectivity index (χ0n) is 12.8. The summed E-state index contributed by atoms with van der Waals surface area (Å²) in [6, 6.07) is 6.26. The molecule has 1 amide bonds. The maximum absolute atomic E-state index is 12.2. The highest BCUT2D eigenvalue weighted by molar-refractivity contribution is 5.79. The van der Waals surface area contributed by atoms with Gasteiger partial charge >= 0.3 is 0 Å². The Morgan fingerprint density at radius 1 is 1.57 bits per heavy atom. The topological polar surface area (TPSA) is 69.0 Å². The molecule has 2 atom stereocenters. The molecular formula is C16H22N4O. The second-order valence-corrected chi connectivity index (χ2v) is 6.01. The lowest BCUT2D eigenvalue weighted by Gasteiger charge is -2.27. The second-order valence-electron chi connectivity index (χ2n) is 6.01. The molecule has 1 aromatic rings. The van der Waals surface area contributed by atoms with Crippen LogP contribution in [0, 0.1) is 17.2 Å². The first-order chi connectivity index (χ1) is 9.96. The van der Waals surface area contributed by atoms with Gasteiger partial charge in [-0.05, 0) is 57.4 Å².